The molecule has 126 valence electrons. The number of hydrogen-bond donors (Lipinski definition) is 2. The standard InChI is InChI=1S/C17H36N2O2/c1-6-16(4,12-18-11-15(2)3)13-19(5)14-17(20)7-9-21-10-8-17/h15,18,20H,6-14H2,1-5H3. The first-order chi connectivity index (χ1) is 9.79. The molecule has 0 aliphatic carbocycles. The van der Waals surface area contributed by atoms with Gasteiger partial charge in [-0.15, -0.1) is 0 Å². The molecule has 4 heteroatoms. The van der Waals surface area contributed by atoms with E-state index in [1.807, 2.05) is 0 Å². The second kappa shape index (κ2) is 8.47. The van der Waals surface area contributed by atoms with Crippen molar-refractivity contribution in [2.24, 2.45) is 11.3 Å². The van der Waals surface area contributed by atoms with E-state index < -0.39 is 5.60 Å². The Bertz CT molecular complexity index is 291. The van der Waals surface area contributed by atoms with Gasteiger partial charge in [0.15, 0.2) is 0 Å². The van der Waals surface area contributed by atoms with Gasteiger partial charge in [-0.3, -0.25) is 0 Å². The van der Waals surface area contributed by atoms with Gasteiger partial charge in [0.25, 0.3) is 0 Å². The number of nitrogens with one attached hydrogen (secondary N) is 1. The van der Waals surface area contributed by atoms with Gasteiger partial charge in [-0.1, -0.05) is 27.7 Å². The third-order valence-corrected chi connectivity index (χ3v) is 4.60. The van der Waals surface area contributed by atoms with Crippen molar-refractivity contribution in [1.82, 2.24) is 10.2 Å². The van der Waals surface area contributed by atoms with Crippen molar-refractivity contribution in [1.29, 1.82) is 0 Å². The van der Waals surface area contributed by atoms with Crippen LogP contribution in [0.15, 0.2) is 0 Å². The Kier molecular flexibility index (Phi) is 7.62. The highest BCUT2D eigenvalue weighted by Crippen LogP contribution is 2.25. The quantitative estimate of drug-likeness (QED) is 0.685. The zero-order valence-electron chi connectivity index (χ0n) is 14.7. The van der Waals surface area contributed by atoms with Crippen molar-refractivity contribution in [3.05, 3.63) is 0 Å². The van der Waals surface area contributed by atoms with E-state index in [0.29, 0.717) is 19.1 Å². The third-order valence-electron chi connectivity index (χ3n) is 4.60. The molecule has 1 unspecified atom stereocenters. The van der Waals surface area contributed by atoms with E-state index in [9.17, 15) is 5.11 Å². The summed E-state index contributed by atoms with van der Waals surface area (Å²) < 4.78 is 5.36. The first-order valence-corrected chi connectivity index (χ1v) is 8.48. The molecule has 1 fully saturated rings. The average Bonchev–Trinajstić information content (AvgIpc) is 2.38. The second-order valence-electron chi connectivity index (χ2n) is 7.70. The summed E-state index contributed by atoms with van der Waals surface area (Å²) in [6.45, 7) is 14.3. The molecule has 2 N–H and O–H groups in total. The van der Waals surface area contributed by atoms with Crippen molar-refractivity contribution in [2.45, 2.75) is 52.6 Å². The van der Waals surface area contributed by atoms with Gasteiger partial charge in [0, 0.05) is 45.7 Å². The minimum atomic E-state index is -0.562. The van der Waals surface area contributed by atoms with Crippen molar-refractivity contribution in [3.63, 3.8) is 0 Å². The Morgan fingerprint density at radius 3 is 2.48 bits per heavy atom. The second-order valence-corrected chi connectivity index (χ2v) is 7.70. The Morgan fingerprint density at radius 2 is 1.95 bits per heavy atom. The van der Waals surface area contributed by atoms with Crippen molar-refractivity contribution in [2.75, 3.05) is 46.4 Å². The Morgan fingerprint density at radius 1 is 1.33 bits per heavy atom. The predicted octanol–water partition coefficient (Wildman–Crippen LogP) is 2.12. The zero-order valence-corrected chi connectivity index (χ0v) is 14.7. The molecule has 0 aromatic heterocycles. The lowest BCUT2D eigenvalue weighted by Crippen LogP contribution is -2.49. The van der Waals surface area contributed by atoms with Crippen LogP contribution in [0, 0.1) is 11.3 Å². The molecule has 0 saturated carbocycles. The molecule has 0 bridgehead atoms. The maximum Gasteiger partial charge on any atom is 0.0817 e. The van der Waals surface area contributed by atoms with Crippen molar-refractivity contribution >= 4 is 0 Å². The maximum absolute atomic E-state index is 10.6. The molecule has 4 nitrogen and oxygen atoms in total. The number of likely N-dealkylation sites (N-methyl/N-ethyl adjacent to an activating group) is 1. The molecule has 21 heavy (non-hydrogen) atoms. The van der Waals surface area contributed by atoms with E-state index in [1.54, 1.807) is 0 Å². The van der Waals surface area contributed by atoms with Gasteiger partial charge in [0.2, 0.25) is 0 Å². The largest absolute Gasteiger partial charge is 0.388 e. The lowest BCUT2D eigenvalue weighted by molar-refractivity contribution is -0.0800. The van der Waals surface area contributed by atoms with Crippen LogP contribution in [0.25, 0.3) is 0 Å². The van der Waals surface area contributed by atoms with Crippen LogP contribution in [-0.2, 0) is 4.74 Å². The normalized spacial score (nSPS) is 21.7. The number of hydrogen-bond acceptors (Lipinski definition) is 4. The first kappa shape index (κ1) is 18.9. The monoisotopic (exact) mass is 300 g/mol. The van der Waals surface area contributed by atoms with Crippen LogP contribution >= 0.6 is 0 Å². The Balaban J connectivity index is 2.43. The number of ether oxygens (including phenoxy) is 1. The van der Waals surface area contributed by atoms with Crippen LogP contribution in [0.5, 0.6) is 0 Å². The summed E-state index contributed by atoms with van der Waals surface area (Å²) in [6, 6.07) is 0. The van der Waals surface area contributed by atoms with Gasteiger partial charge in [0.05, 0.1) is 5.60 Å². The van der Waals surface area contributed by atoms with Gasteiger partial charge in [-0.05, 0) is 31.3 Å². The highest BCUT2D eigenvalue weighted by molar-refractivity contribution is 4.86. The van der Waals surface area contributed by atoms with Gasteiger partial charge < -0.3 is 20.1 Å². The molecule has 0 spiro atoms. The molecule has 1 aliphatic rings. The summed E-state index contributed by atoms with van der Waals surface area (Å²) in [5.74, 6) is 0.687. The van der Waals surface area contributed by atoms with E-state index in [0.717, 1.165) is 45.4 Å². The van der Waals surface area contributed by atoms with Gasteiger partial charge in [-0.2, -0.15) is 0 Å². The summed E-state index contributed by atoms with van der Waals surface area (Å²) in [5.41, 5.74) is -0.307. The fraction of sp³-hybridized carbons (Fsp3) is 1.00. The summed E-state index contributed by atoms with van der Waals surface area (Å²) in [4.78, 5) is 2.30. The molecule has 0 amide bonds. The molecular weight excluding hydrogens is 264 g/mol. The van der Waals surface area contributed by atoms with Crippen LogP contribution in [0.1, 0.15) is 47.0 Å². The minimum absolute atomic E-state index is 0.255. The first-order valence-electron chi connectivity index (χ1n) is 8.48. The van der Waals surface area contributed by atoms with E-state index in [4.69, 9.17) is 4.74 Å². The van der Waals surface area contributed by atoms with Crippen molar-refractivity contribution < 1.29 is 9.84 Å². The Hall–Kier alpha value is -0.160. The molecular formula is C17H36N2O2. The summed E-state index contributed by atoms with van der Waals surface area (Å²) >= 11 is 0. The highest BCUT2D eigenvalue weighted by Gasteiger charge is 2.33. The van der Waals surface area contributed by atoms with Gasteiger partial charge >= 0.3 is 0 Å². The minimum Gasteiger partial charge on any atom is -0.388 e. The number of rotatable bonds is 9. The summed E-state index contributed by atoms with van der Waals surface area (Å²) in [5, 5.41) is 14.2. The fourth-order valence-electron chi connectivity index (χ4n) is 3.07. The highest BCUT2D eigenvalue weighted by atomic mass is 16.5. The average molecular weight is 300 g/mol. The van der Waals surface area contributed by atoms with E-state index in [1.165, 1.54) is 0 Å². The lowest BCUT2D eigenvalue weighted by Gasteiger charge is -2.39. The SMILES string of the molecule is CCC(C)(CNCC(C)C)CN(C)CC1(O)CCOCC1. The smallest absolute Gasteiger partial charge is 0.0817 e. The van der Waals surface area contributed by atoms with E-state index >= 15 is 0 Å². The molecule has 1 heterocycles. The predicted molar refractivity (Wildman–Crippen MR) is 88.6 cm³/mol. The van der Waals surface area contributed by atoms with Crippen LogP contribution < -0.4 is 5.32 Å². The molecule has 0 radical (unpaired) electrons. The molecule has 1 aliphatic heterocycles. The lowest BCUT2D eigenvalue weighted by atomic mass is 9.85. The van der Waals surface area contributed by atoms with E-state index in [-0.39, 0.29) is 5.41 Å². The van der Waals surface area contributed by atoms with Gasteiger partial charge in [-0.25, -0.2) is 0 Å². The topological polar surface area (TPSA) is 44.7 Å². The Labute approximate surface area is 131 Å². The van der Waals surface area contributed by atoms with E-state index in [2.05, 4.69) is 45.0 Å². The third kappa shape index (κ3) is 7.09. The van der Waals surface area contributed by atoms with Crippen LogP contribution in [0.2, 0.25) is 0 Å². The van der Waals surface area contributed by atoms with Crippen molar-refractivity contribution in [3.8, 4) is 0 Å². The molecule has 1 atom stereocenters. The van der Waals surface area contributed by atoms with Crippen LogP contribution in [-0.4, -0.2) is 62.0 Å². The molecule has 0 aromatic rings. The maximum atomic E-state index is 10.6. The van der Waals surface area contributed by atoms with Crippen LogP contribution in [0.4, 0.5) is 0 Å². The number of nitrogens with zero attached hydrogens (tertiary/aromatic N) is 1. The van der Waals surface area contributed by atoms with Crippen LogP contribution in [0.3, 0.4) is 0 Å². The molecule has 1 rings (SSSR count). The molecule has 0 aromatic carbocycles. The summed E-state index contributed by atoms with van der Waals surface area (Å²) in [6.07, 6.45) is 2.65. The number of aliphatic hydroxyl groups is 1. The summed E-state index contributed by atoms with van der Waals surface area (Å²) in [7, 11) is 2.13. The zero-order chi connectivity index (χ0) is 15.9. The van der Waals surface area contributed by atoms with Gasteiger partial charge in [0.1, 0.15) is 0 Å². The fourth-order valence-corrected chi connectivity index (χ4v) is 3.07. The molecule has 1 saturated heterocycles.